The summed E-state index contributed by atoms with van der Waals surface area (Å²) in [6, 6.07) is 8.23. The van der Waals surface area contributed by atoms with Crippen LogP contribution in [0.3, 0.4) is 0 Å². The molecule has 2 aliphatic rings. The third kappa shape index (κ3) is 2.11. The molecule has 2 heterocycles. The van der Waals surface area contributed by atoms with E-state index in [-0.39, 0.29) is 5.91 Å². The molecule has 1 aromatic carbocycles. The van der Waals surface area contributed by atoms with Crippen LogP contribution in [0.5, 0.6) is 0 Å². The number of nitrogens with zero attached hydrogens (tertiary/aromatic N) is 2. The lowest BCUT2D eigenvalue weighted by Crippen LogP contribution is -2.63. The molecule has 0 aromatic heterocycles. The Hall–Kier alpha value is -0.870. The Balaban J connectivity index is 1.61. The zero-order valence-corrected chi connectivity index (χ0v) is 11.2. The highest BCUT2D eigenvalue weighted by Crippen LogP contribution is 2.22. The molecule has 0 spiro atoms. The second kappa shape index (κ2) is 4.42. The quantitative estimate of drug-likeness (QED) is 0.833. The second-order valence-electron chi connectivity index (χ2n) is 4.76. The monoisotopic (exact) mass is 294 g/mol. The van der Waals surface area contributed by atoms with Crippen LogP contribution in [-0.2, 0) is 0 Å². The van der Waals surface area contributed by atoms with Crippen molar-refractivity contribution in [2.75, 3.05) is 26.2 Å². The van der Waals surface area contributed by atoms with E-state index < -0.39 is 0 Å². The molecule has 0 bridgehead atoms. The summed E-state index contributed by atoms with van der Waals surface area (Å²) in [4.78, 5) is 16.5. The van der Waals surface area contributed by atoms with Crippen molar-refractivity contribution in [3.63, 3.8) is 0 Å². The van der Waals surface area contributed by atoms with Crippen molar-refractivity contribution in [1.82, 2.24) is 9.80 Å². The van der Waals surface area contributed by atoms with E-state index in [1.807, 2.05) is 29.2 Å². The number of carbonyl (C=O) groups excluding carboxylic acids is 1. The highest BCUT2D eigenvalue weighted by atomic mass is 79.9. The molecule has 3 nitrogen and oxygen atoms in total. The van der Waals surface area contributed by atoms with Crippen LogP contribution in [0.4, 0.5) is 0 Å². The van der Waals surface area contributed by atoms with Gasteiger partial charge in [0.1, 0.15) is 0 Å². The smallest absolute Gasteiger partial charge is 0.254 e. The summed E-state index contributed by atoms with van der Waals surface area (Å²) in [5.74, 6) is 0.156. The molecule has 0 unspecified atom stereocenters. The molecule has 2 aliphatic heterocycles. The summed E-state index contributed by atoms with van der Waals surface area (Å²) in [5, 5.41) is 0. The molecule has 0 atom stereocenters. The van der Waals surface area contributed by atoms with Gasteiger partial charge in [0.15, 0.2) is 0 Å². The van der Waals surface area contributed by atoms with Gasteiger partial charge in [-0.3, -0.25) is 9.69 Å². The van der Waals surface area contributed by atoms with Crippen LogP contribution in [0.1, 0.15) is 16.8 Å². The Kier molecular flexibility index (Phi) is 2.92. The van der Waals surface area contributed by atoms with Gasteiger partial charge in [0, 0.05) is 29.2 Å². The molecule has 4 heteroatoms. The van der Waals surface area contributed by atoms with Crippen molar-refractivity contribution >= 4 is 21.8 Å². The summed E-state index contributed by atoms with van der Waals surface area (Å²) in [6.45, 7) is 4.21. The Morgan fingerprint density at radius 2 is 2.06 bits per heavy atom. The number of amides is 1. The van der Waals surface area contributed by atoms with Crippen LogP contribution in [-0.4, -0.2) is 47.9 Å². The molecule has 1 amide bonds. The maximum absolute atomic E-state index is 12.1. The topological polar surface area (TPSA) is 23.6 Å². The van der Waals surface area contributed by atoms with Crippen LogP contribution in [0.2, 0.25) is 0 Å². The van der Waals surface area contributed by atoms with E-state index in [1.54, 1.807) is 0 Å². The summed E-state index contributed by atoms with van der Waals surface area (Å²) in [5.41, 5.74) is 0.779. The highest BCUT2D eigenvalue weighted by Gasteiger charge is 2.36. The molecular weight excluding hydrogens is 280 g/mol. The average Bonchev–Trinajstić information content (AvgIpc) is 2.19. The van der Waals surface area contributed by atoms with Gasteiger partial charge < -0.3 is 4.90 Å². The molecule has 1 aromatic rings. The van der Waals surface area contributed by atoms with Gasteiger partial charge in [0.25, 0.3) is 5.91 Å². The molecule has 0 N–H and O–H groups in total. The lowest BCUT2D eigenvalue weighted by Gasteiger charge is -2.49. The highest BCUT2D eigenvalue weighted by molar-refractivity contribution is 9.10. The number of rotatable bonds is 2. The van der Waals surface area contributed by atoms with Crippen LogP contribution in [0, 0.1) is 0 Å². The summed E-state index contributed by atoms with van der Waals surface area (Å²) < 4.78 is 0.961. The summed E-state index contributed by atoms with van der Waals surface area (Å²) >= 11 is 3.40. The van der Waals surface area contributed by atoms with Gasteiger partial charge in [-0.05, 0) is 37.7 Å². The zero-order chi connectivity index (χ0) is 11.8. The Labute approximate surface area is 110 Å². The normalized spacial score (nSPS) is 20.9. The third-order valence-electron chi connectivity index (χ3n) is 3.63. The Morgan fingerprint density at radius 3 is 2.65 bits per heavy atom. The Morgan fingerprint density at radius 1 is 1.29 bits per heavy atom. The van der Waals surface area contributed by atoms with Gasteiger partial charge >= 0.3 is 0 Å². The van der Waals surface area contributed by atoms with Gasteiger partial charge in [-0.15, -0.1) is 0 Å². The standard InChI is InChI=1S/C13H15BrN2O/c14-11-4-1-3-10(7-11)13(17)16-8-12(9-16)15-5-2-6-15/h1,3-4,7,12H,2,5-6,8-9H2. The lowest BCUT2D eigenvalue weighted by molar-refractivity contribution is 0.00415. The van der Waals surface area contributed by atoms with Crippen LogP contribution in [0.25, 0.3) is 0 Å². The number of hydrogen-bond acceptors (Lipinski definition) is 2. The predicted molar refractivity (Wildman–Crippen MR) is 70.0 cm³/mol. The van der Waals surface area contributed by atoms with E-state index in [0.717, 1.165) is 23.1 Å². The summed E-state index contributed by atoms with van der Waals surface area (Å²) in [6.07, 6.45) is 1.32. The van der Waals surface area contributed by atoms with Crippen molar-refractivity contribution in [3.05, 3.63) is 34.3 Å². The van der Waals surface area contributed by atoms with Crippen molar-refractivity contribution < 1.29 is 4.79 Å². The first kappa shape index (κ1) is 11.2. The van der Waals surface area contributed by atoms with Gasteiger partial charge in [-0.1, -0.05) is 22.0 Å². The van der Waals surface area contributed by atoms with Crippen molar-refractivity contribution in [1.29, 1.82) is 0 Å². The Bertz CT molecular complexity index is 439. The number of hydrogen-bond donors (Lipinski definition) is 0. The first-order valence-corrected chi connectivity index (χ1v) is 6.82. The van der Waals surface area contributed by atoms with E-state index in [4.69, 9.17) is 0 Å². The number of halogens is 1. The largest absolute Gasteiger partial charge is 0.335 e. The average molecular weight is 295 g/mol. The van der Waals surface area contributed by atoms with E-state index in [9.17, 15) is 4.79 Å². The molecule has 90 valence electrons. The number of likely N-dealkylation sites (tertiary alicyclic amines) is 2. The second-order valence-corrected chi connectivity index (χ2v) is 5.68. The van der Waals surface area contributed by atoms with Gasteiger partial charge in [-0.25, -0.2) is 0 Å². The maximum atomic E-state index is 12.1. The third-order valence-corrected chi connectivity index (χ3v) is 4.12. The first-order chi connectivity index (χ1) is 8.24. The molecule has 0 radical (unpaired) electrons. The molecule has 2 saturated heterocycles. The number of carbonyl (C=O) groups is 1. The molecule has 0 saturated carbocycles. The van der Waals surface area contributed by atoms with Crippen LogP contribution >= 0.6 is 15.9 Å². The fraction of sp³-hybridized carbons (Fsp3) is 0.462. The van der Waals surface area contributed by atoms with Crippen molar-refractivity contribution in [3.8, 4) is 0 Å². The maximum Gasteiger partial charge on any atom is 0.254 e. The minimum absolute atomic E-state index is 0.156. The van der Waals surface area contributed by atoms with Crippen LogP contribution in [0.15, 0.2) is 28.7 Å². The SMILES string of the molecule is O=C(c1cccc(Br)c1)N1CC(N2CCC2)C1. The lowest BCUT2D eigenvalue weighted by atomic mass is 10.0. The molecule has 0 aliphatic carbocycles. The predicted octanol–water partition coefficient (Wildman–Crippen LogP) is 1.98. The van der Waals surface area contributed by atoms with E-state index >= 15 is 0 Å². The van der Waals surface area contributed by atoms with E-state index in [1.165, 1.54) is 19.5 Å². The molecule has 2 fully saturated rings. The zero-order valence-electron chi connectivity index (χ0n) is 9.60. The van der Waals surface area contributed by atoms with E-state index in [2.05, 4.69) is 20.8 Å². The number of benzene rings is 1. The van der Waals surface area contributed by atoms with Crippen molar-refractivity contribution in [2.24, 2.45) is 0 Å². The van der Waals surface area contributed by atoms with E-state index in [0.29, 0.717) is 6.04 Å². The first-order valence-electron chi connectivity index (χ1n) is 6.03. The molecule has 17 heavy (non-hydrogen) atoms. The van der Waals surface area contributed by atoms with Gasteiger partial charge in [-0.2, -0.15) is 0 Å². The van der Waals surface area contributed by atoms with Crippen LogP contribution < -0.4 is 0 Å². The van der Waals surface area contributed by atoms with Crippen molar-refractivity contribution in [2.45, 2.75) is 12.5 Å². The minimum atomic E-state index is 0.156. The molecular formula is C13H15BrN2O. The minimum Gasteiger partial charge on any atom is -0.335 e. The molecule has 3 rings (SSSR count). The fourth-order valence-electron chi connectivity index (χ4n) is 2.36. The fourth-order valence-corrected chi connectivity index (χ4v) is 2.76. The van der Waals surface area contributed by atoms with Gasteiger partial charge in [0.2, 0.25) is 0 Å². The summed E-state index contributed by atoms with van der Waals surface area (Å²) in [7, 11) is 0. The van der Waals surface area contributed by atoms with Gasteiger partial charge in [0.05, 0.1) is 0 Å².